The molecule has 3 heterocycles. The molecule has 8 heteroatoms. The Balaban J connectivity index is 1.48. The third kappa shape index (κ3) is 2.58. The highest BCUT2D eigenvalue weighted by atomic mass is 16.2. The Bertz CT molecular complexity index is 1280. The Kier molecular flexibility index (Phi) is 3.81. The predicted molar refractivity (Wildman–Crippen MR) is 108 cm³/mol. The smallest absolute Gasteiger partial charge is 0.328 e. The number of imidazole rings is 1. The molecule has 0 unspecified atom stereocenters. The van der Waals surface area contributed by atoms with Crippen LogP contribution in [-0.4, -0.2) is 43.0 Å². The number of aryl methyl sites for hydroxylation is 3. The average molecular weight is 393 g/mol. The van der Waals surface area contributed by atoms with Gasteiger partial charge in [0.25, 0.3) is 11.5 Å². The van der Waals surface area contributed by atoms with Crippen molar-refractivity contribution in [3.63, 3.8) is 0 Å². The van der Waals surface area contributed by atoms with Gasteiger partial charge in [0.2, 0.25) is 0 Å². The first-order valence-electron chi connectivity index (χ1n) is 9.89. The molecule has 8 nitrogen and oxygen atoms in total. The van der Waals surface area contributed by atoms with Crippen molar-refractivity contribution in [1.82, 2.24) is 24.0 Å². The minimum Gasteiger partial charge on any atom is -0.338 e. The number of hydrogen-bond donors (Lipinski definition) is 1. The molecule has 1 saturated heterocycles. The van der Waals surface area contributed by atoms with Gasteiger partial charge in [0.1, 0.15) is 5.82 Å². The maximum absolute atomic E-state index is 13.2. The lowest BCUT2D eigenvalue weighted by Crippen LogP contribution is -2.29. The van der Waals surface area contributed by atoms with Gasteiger partial charge in [-0.1, -0.05) is 0 Å². The quantitative estimate of drug-likeness (QED) is 0.669. The summed E-state index contributed by atoms with van der Waals surface area (Å²) >= 11 is 0. The minimum atomic E-state index is -0.111. The number of likely N-dealkylation sites (tertiary alicyclic amines) is 1. The van der Waals surface area contributed by atoms with Gasteiger partial charge in [-0.05, 0) is 43.9 Å². The van der Waals surface area contributed by atoms with Crippen LogP contribution in [0.2, 0.25) is 0 Å². The molecular formula is C21H23N5O3. The van der Waals surface area contributed by atoms with Gasteiger partial charge in [-0.2, -0.15) is 0 Å². The number of benzene rings is 1. The van der Waals surface area contributed by atoms with E-state index < -0.39 is 0 Å². The fourth-order valence-corrected chi connectivity index (χ4v) is 4.97. The van der Waals surface area contributed by atoms with Crippen molar-refractivity contribution >= 4 is 16.9 Å². The number of aromatic amines is 1. The molecule has 1 amide bonds. The Morgan fingerprint density at radius 2 is 1.90 bits per heavy atom. The van der Waals surface area contributed by atoms with Crippen LogP contribution >= 0.6 is 0 Å². The molecule has 0 radical (unpaired) electrons. The van der Waals surface area contributed by atoms with E-state index in [-0.39, 0.29) is 23.1 Å². The molecule has 0 saturated carbocycles. The largest absolute Gasteiger partial charge is 0.338 e. The van der Waals surface area contributed by atoms with Crippen LogP contribution in [0, 0.1) is 12.8 Å². The van der Waals surface area contributed by atoms with E-state index in [1.807, 2.05) is 11.0 Å². The van der Waals surface area contributed by atoms with Crippen LogP contribution in [0.5, 0.6) is 0 Å². The molecule has 0 spiro atoms. The monoisotopic (exact) mass is 393 g/mol. The third-order valence-corrected chi connectivity index (χ3v) is 6.53. The summed E-state index contributed by atoms with van der Waals surface area (Å²) in [7, 11) is 3.44. The number of H-pyrrole nitrogens is 1. The highest BCUT2D eigenvalue weighted by Gasteiger charge is 2.41. The lowest BCUT2D eigenvalue weighted by molar-refractivity contribution is 0.0786. The molecule has 1 fully saturated rings. The third-order valence-electron chi connectivity index (χ3n) is 6.53. The first-order chi connectivity index (χ1) is 13.8. The Labute approximate surface area is 166 Å². The van der Waals surface area contributed by atoms with Gasteiger partial charge in [-0.25, -0.2) is 9.78 Å². The number of amides is 1. The number of rotatable bonds is 1. The summed E-state index contributed by atoms with van der Waals surface area (Å²) in [5.41, 5.74) is 3.59. The zero-order chi connectivity index (χ0) is 20.4. The molecule has 1 N–H and O–H groups in total. The van der Waals surface area contributed by atoms with Gasteiger partial charge in [0.15, 0.2) is 0 Å². The van der Waals surface area contributed by atoms with E-state index in [0.717, 1.165) is 28.7 Å². The van der Waals surface area contributed by atoms with E-state index >= 15 is 0 Å². The second-order valence-electron chi connectivity index (χ2n) is 8.23. The lowest BCUT2D eigenvalue weighted by atomic mass is 9.80. The van der Waals surface area contributed by atoms with Gasteiger partial charge in [-0.3, -0.25) is 18.7 Å². The van der Waals surface area contributed by atoms with Crippen LogP contribution in [0.3, 0.4) is 0 Å². The average Bonchev–Trinajstić information content (AvgIpc) is 3.23. The van der Waals surface area contributed by atoms with Crippen LogP contribution in [0.25, 0.3) is 11.0 Å². The second-order valence-corrected chi connectivity index (χ2v) is 8.23. The number of nitrogens with one attached hydrogen (secondary N) is 1. The van der Waals surface area contributed by atoms with E-state index in [9.17, 15) is 14.4 Å². The molecule has 3 aromatic rings. The summed E-state index contributed by atoms with van der Waals surface area (Å²) in [6.07, 6.45) is 1.60. The van der Waals surface area contributed by atoms with Crippen LogP contribution in [-0.2, 0) is 20.5 Å². The second kappa shape index (κ2) is 6.17. The van der Waals surface area contributed by atoms with Gasteiger partial charge in [0, 0.05) is 44.2 Å². The Morgan fingerprint density at radius 3 is 2.69 bits per heavy atom. The maximum Gasteiger partial charge on any atom is 0.328 e. The number of hydrogen-bond acceptors (Lipinski definition) is 4. The first kappa shape index (κ1) is 17.9. The van der Waals surface area contributed by atoms with Crippen molar-refractivity contribution in [1.29, 1.82) is 0 Å². The molecular weight excluding hydrogens is 370 g/mol. The summed E-state index contributed by atoms with van der Waals surface area (Å²) in [5.74, 6) is 1.01. The minimum absolute atomic E-state index is 0.0410. The predicted octanol–water partition coefficient (Wildman–Crippen LogP) is 1.07. The SMILES string of the molecule is Cc1nc2c(c(=O)[nH]1)CC[C@@H]1CN(C(=O)c3ccc4c(c3)n(C)c(=O)n4C)C[C@H]21. The Morgan fingerprint density at radius 1 is 1.14 bits per heavy atom. The van der Waals surface area contributed by atoms with Gasteiger partial charge >= 0.3 is 5.69 Å². The molecule has 0 bridgehead atoms. The topological polar surface area (TPSA) is 93.0 Å². The number of fused-ring (bicyclic) bond motifs is 4. The van der Waals surface area contributed by atoms with Crippen molar-refractivity contribution in [2.75, 3.05) is 13.1 Å². The van der Waals surface area contributed by atoms with E-state index in [1.165, 1.54) is 0 Å². The highest BCUT2D eigenvalue weighted by molar-refractivity contribution is 5.97. The normalized spacial score (nSPS) is 20.7. The lowest BCUT2D eigenvalue weighted by Gasteiger charge is -2.25. The zero-order valence-corrected chi connectivity index (χ0v) is 16.7. The molecule has 1 aliphatic heterocycles. The first-order valence-corrected chi connectivity index (χ1v) is 9.89. The van der Waals surface area contributed by atoms with Crippen molar-refractivity contribution in [2.24, 2.45) is 20.0 Å². The molecule has 1 aromatic carbocycles. The zero-order valence-electron chi connectivity index (χ0n) is 16.7. The van der Waals surface area contributed by atoms with Crippen LogP contribution in [0.1, 0.15) is 39.8 Å². The number of aromatic nitrogens is 4. The van der Waals surface area contributed by atoms with Crippen molar-refractivity contribution in [3.05, 3.63) is 61.7 Å². The fraction of sp³-hybridized carbons (Fsp3) is 0.429. The summed E-state index contributed by atoms with van der Waals surface area (Å²) in [6, 6.07) is 5.40. The summed E-state index contributed by atoms with van der Waals surface area (Å²) in [5, 5.41) is 0. The van der Waals surface area contributed by atoms with E-state index in [4.69, 9.17) is 0 Å². The van der Waals surface area contributed by atoms with Gasteiger partial charge < -0.3 is 9.88 Å². The van der Waals surface area contributed by atoms with Gasteiger partial charge in [0.05, 0.1) is 16.7 Å². The van der Waals surface area contributed by atoms with Crippen molar-refractivity contribution in [2.45, 2.75) is 25.7 Å². The molecule has 5 rings (SSSR count). The Hall–Kier alpha value is -3.16. The summed E-state index contributed by atoms with van der Waals surface area (Å²) in [4.78, 5) is 46.9. The number of nitrogens with zero attached hydrogens (tertiary/aromatic N) is 4. The molecule has 2 atom stereocenters. The van der Waals surface area contributed by atoms with E-state index in [1.54, 1.807) is 42.3 Å². The van der Waals surface area contributed by atoms with Crippen LogP contribution < -0.4 is 11.2 Å². The maximum atomic E-state index is 13.2. The number of carbonyl (C=O) groups excluding carboxylic acids is 1. The van der Waals surface area contributed by atoms with Crippen LogP contribution in [0.4, 0.5) is 0 Å². The summed E-state index contributed by atoms with van der Waals surface area (Å²) < 4.78 is 3.14. The van der Waals surface area contributed by atoms with Crippen molar-refractivity contribution < 1.29 is 4.79 Å². The standard InChI is InChI=1S/C21H23N5O3/c1-11-22-18-14(19(27)23-11)6-4-13-9-26(10-15(13)18)20(28)12-5-7-16-17(8-12)25(3)21(29)24(16)2/h5,7-8,13,15H,4,6,9-10H2,1-3H3,(H,22,23,27)/t13-,15+/m1/s1. The molecule has 2 aliphatic rings. The highest BCUT2D eigenvalue weighted by Crippen LogP contribution is 2.39. The van der Waals surface area contributed by atoms with Gasteiger partial charge in [-0.15, -0.1) is 0 Å². The molecule has 2 aromatic heterocycles. The van der Waals surface area contributed by atoms with Crippen molar-refractivity contribution in [3.8, 4) is 0 Å². The fourth-order valence-electron chi connectivity index (χ4n) is 4.97. The van der Waals surface area contributed by atoms with Crippen LogP contribution in [0.15, 0.2) is 27.8 Å². The van der Waals surface area contributed by atoms with E-state index in [0.29, 0.717) is 36.8 Å². The molecule has 150 valence electrons. The van der Waals surface area contributed by atoms with E-state index in [2.05, 4.69) is 9.97 Å². The summed E-state index contributed by atoms with van der Waals surface area (Å²) in [6.45, 7) is 3.03. The molecule has 1 aliphatic carbocycles. The number of carbonyl (C=O) groups is 1. The molecule has 29 heavy (non-hydrogen) atoms.